The van der Waals surface area contributed by atoms with Crippen LogP contribution in [0.2, 0.25) is 0 Å². The molecule has 1 fully saturated rings. The van der Waals surface area contributed by atoms with E-state index in [-0.39, 0.29) is 0 Å². The van der Waals surface area contributed by atoms with E-state index in [2.05, 4.69) is 31.1 Å². The molecule has 0 bridgehead atoms. The first kappa shape index (κ1) is 14.0. The Morgan fingerprint density at radius 2 is 2.12 bits per heavy atom. The van der Waals surface area contributed by atoms with Gasteiger partial charge in [-0.25, -0.2) is 0 Å². The van der Waals surface area contributed by atoms with Gasteiger partial charge >= 0.3 is 0 Å². The fraction of sp³-hybridized carbons (Fsp3) is 1.00. The minimum Gasteiger partial charge on any atom is -0.320 e. The second kappa shape index (κ2) is 7.29. The minimum absolute atomic E-state index is 0.739. The average molecular weight is 226 g/mol. The third-order valence-corrected chi connectivity index (χ3v) is 4.23. The Labute approximate surface area is 102 Å². The first-order valence-corrected chi connectivity index (χ1v) is 7.01. The molecule has 0 spiro atoms. The quantitative estimate of drug-likeness (QED) is 0.701. The number of hydrogen-bond donors (Lipinski definition) is 1. The molecular formula is C14H30N2. The minimum atomic E-state index is 0.739. The van der Waals surface area contributed by atoms with Gasteiger partial charge in [0.1, 0.15) is 0 Å². The van der Waals surface area contributed by atoms with Crippen molar-refractivity contribution in [3.05, 3.63) is 0 Å². The molecular weight excluding hydrogens is 196 g/mol. The van der Waals surface area contributed by atoms with Gasteiger partial charge in [-0.3, -0.25) is 0 Å². The largest absolute Gasteiger partial charge is 0.320 e. The fourth-order valence-electron chi connectivity index (χ4n) is 2.91. The molecule has 0 aliphatic heterocycles. The molecule has 2 nitrogen and oxygen atoms in total. The number of hydrogen-bond acceptors (Lipinski definition) is 2. The Balaban J connectivity index is 2.28. The molecule has 2 heteroatoms. The van der Waals surface area contributed by atoms with Crippen molar-refractivity contribution in [3.8, 4) is 0 Å². The molecule has 1 N–H and O–H groups in total. The highest BCUT2D eigenvalue weighted by atomic mass is 15.2. The number of rotatable bonds is 6. The van der Waals surface area contributed by atoms with E-state index < -0.39 is 0 Å². The summed E-state index contributed by atoms with van der Waals surface area (Å²) >= 11 is 0. The van der Waals surface area contributed by atoms with Crippen molar-refractivity contribution in [3.63, 3.8) is 0 Å². The van der Waals surface area contributed by atoms with Gasteiger partial charge < -0.3 is 10.2 Å². The van der Waals surface area contributed by atoms with Crippen molar-refractivity contribution in [1.82, 2.24) is 10.2 Å². The maximum absolute atomic E-state index is 3.23. The second-order valence-electron chi connectivity index (χ2n) is 5.69. The first-order valence-electron chi connectivity index (χ1n) is 7.01. The van der Waals surface area contributed by atoms with Crippen LogP contribution in [0.15, 0.2) is 0 Å². The summed E-state index contributed by atoms with van der Waals surface area (Å²) < 4.78 is 0. The Morgan fingerprint density at radius 1 is 1.38 bits per heavy atom. The first-order chi connectivity index (χ1) is 7.65. The molecule has 0 radical (unpaired) electrons. The molecule has 0 aromatic heterocycles. The van der Waals surface area contributed by atoms with Crippen LogP contribution >= 0.6 is 0 Å². The molecule has 1 aliphatic carbocycles. The normalized spacial score (nSPS) is 28.3. The van der Waals surface area contributed by atoms with E-state index in [4.69, 9.17) is 0 Å². The van der Waals surface area contributed by atoms with Crippen LogP contribution in [-0.4, -0.2) is 37.6 Å². The maximum atomic E-state index is 3.23. The van der Waals surface area contributed by atoms with Gasteiger partial charge in [0, 0.05) is 12.1 Å². The molecule has 1 saturated carbocycles. The lowest BCUT2D eigenvalue weighted by Gasteiger charge is -2.37. The van der Waals surface area contributed by atoms with E-state index in [1.165, 1.54) is 38.5 Å². The van der Waals surface area contributed by atoms with Crippen LogP contribution in [0.4, 0.5) is 0 Å². The standard InChI is InChI=1S/C14H30N2/c1-12-7-5-9-14(11-12)16(4)13(2)8-6-10-15-3/h12-15H,5-11H2,1-4H3. The van der Waals surface area contributed by atoms with Crippen LogP contribution in [-0.2, 0) is 0 Å². The Bertz CT molecular complexity index is 182. The predicted octanol–water partition coefficient (Wildman–Crippen LogP) is 2.89. The summed E-state index contributed by atoms with van der Waals surface area (Å²) in [5.74, 6) is 0.936. The van der Waals surface area contributed by atoms with Gasteiger partial charge in [-0.1, -0.05) is 19.8 Å². The summed E-state index contributed by atoms with van der Waals surface area (Å²) in [5.41, 5.74) is 0. The molecule has 16 heavy (non-hydrogen) atoms. The van der Waals surface area contributed by atoms with Gasteiger partial charge in [-0.15, -0.1) is 0 Å². The maximum Gasteiger partial charge on any atom is 0.00975 e. The zero-order chi connectivity index (χ0) is 12.0. The third-order valence-electron chi connectivity index (χ3n) is 4.23. The monoisotopic (exact) mass is 226 g/mol. The second-order valence-corrected chi connectivity index (χ2v) is 5.69. The highest BCUT2D eigenvalue weighted by molar-refractivity contribution is 4.80. The lowest BCUT2D eigenvalue weighted by molar-refractivity contribution is 0.120. The molecule has 0 heterocycles. The van der Waals surface area contributed by atoms with E-state index in [0.717, 1.165) is 24.5 Å². The number of nitrogens with zero attached hydrogens (tertiary/aromatic N) is 1. The van der Waals surface area contributed by atoms with Gasteiger partial charge in [0.15, 0.2) is 0 Å². The highest BCUT2D eigenvalue weighted by Gasteiger charge is 2.24. The zero-order valence-corrected chi connectivity index (χ0v) is 11.6. The number of nitrogens with one attached hydrogen (secondary N) is 1. The van der Waals surface area contributed by atoms with Crippen LogP contribution in [0.5, 0.6) is 0 Å². The molecule has 0 amide bonds. The highest BCUT2D eigenvalue weighted by Crippen LogP contribution is 2.28. The lowest BCUT2D eigenvalue weighted by atomic mass is 9.86. The molecule has 0 aromatic carbocycles. The fourth-order valence-corrected chi connectivity index (χ4v) is 2.91. The van der Waals surface area contributed by atoms with E-state index in [1.54, 1.807) is 0 Å². The van der Waals surface area contributed by atoms with Gasteiger partial charge in [0.2, 0.25) is 0 Å². The van der Waals surface area contributed by atoms with Crippen LogP contribution in [0.1, 0.15) is 52.4 Å². The molecule has 3 atom stereocenters. The SMILES string of the molecule is CNCCCC(C)N(C)C1CCCC(C)C1. The lowest BCUT2D eigenvalue weighted by Crippen LogP contribution is -2.41. The van der Waals surface area contributed by atoms with Crippen molar-refractivity contribution in [2.45, 2.75) is 64.5 Å². The third kappa shape index (κ3) is 4.42. The van der Waals surface area contributed by atoms with Crippen LogP contribution in [0.25, 0.3) is 0 Å². The summed E-state index contributed by atoms with van der Waals surface area (Å²) in [7, 11) is 4.37. The molecule has 1 rings (SSSR count). The van der Waals surface area contributed by atoms with Gasteiger partial charge in [-0.05, 0) is 59.2 Å². The Kier molecular flexibility index (Phi) is 6.37. The Hall–Kier alpha value is -0.0800. The molecule has 0 aromatic rings. The van der Waals surface area contributed by atoms with Crippen molar-refractivity contribution >= 4 is 0 Å². The van der Waals surface area contributed by atoms with Crippen molar-refractivity contribution in [2.75, 3.05) is 20.6 Å². The Morgan fingerprint density at radius 3 is 2.75 bits per heavy atom. The van der Waals surface area contributed by atoms with Crippen molar-refractivity contribution < 1.29 is 0 Å². The summed E-state index contributed by atoms with van der Waals surface area (Å²) in [6.45, 7) is 5.94. The average Bonchev–Trinajstić information content (AvgIpc) is 2.28. The van der Waals surface area contributed by atoms with Crippen LogP contribution in [0, 0.1) is 5.92 Å². The summed E-state index contributed by atoms with van der Waals surface area (Å²) in [6, 6.07) is 1.58. The molecule has 1 aliphatic rings. The van der Waals surface area contributed by atoms with E-state index in [0.29, 0.717) is 0 Å². The van der Waals surface area contributed by atoms with Crippen LogP contribution in [0.3, 0.4) is 0 Å². The topological polar surface area (TPSA) is 15.3 Å². The summed E-state index contributed by atoms with van der Waals surface area (Å²) in [6.07, 6.45) is 8.31. The molecule has 0 saturated heterocycles. The molecule has 3 unspecified atom stereocenters. The van der Waals surface area contributed by atoms with Gasteiger partial charge in [0.25, 0.3) is 0 Å². The smallest absolute Gasteiger partial charge is 0.00975 e. The van der Waals surface area contributed by atoms with Gasteiger partial charge in [0.05, 0.1) is 0 Å². The van der Waals surface area contributed by atoms with Crippen molar-refractivity contribution in [2.24, 2.45) is 5.92 Å². The van der Waals surface area contributed by atoms with E-state index in [1.807, 2.05) is 7.05 Å². The zero-order valence-electron chi connectivity index (χ0n) is 11.6. The predicted molar refractivity (Wildman–Crippen MR) is 71.8 cm³/mol. The van der Waals surface area contributed by atoms with E-state index in [9.17, 15) is 0 Å². The molecule has 96 valence electrons. The van der Waals surface area contributed by atoms with Crippen molar-refractivity contribution in [1.29, 1.82) is 0 Å². The summed E-state index contributed by atoms with van der Waals surface area (Å²) in [5, 5.41) is 3.23. The van der Waals surface area contributed by atoms with Crippen LogP contribution < -0.4 is 5.32 Å². The van der Waals surface area contributed by atoms with Gasteiger partial charge in [-0.2, -0.15) is 0 Å². The summed E-state index contributed by atoms with van der Waals surface area (Å²) in [4.78, 5) is 2.63. The van der Waals surface area contributed by atoms with E-state index >= 15 is 0 Å².